The Bertz CT molecular complexity index is 1200. The van der Waals surface area contributed by atoms with Crippen molar-refractivity contribution in [3.8, 4) is 11.1 Å². The number of nitrogens with one attached hydrogen (secondary N) is 3. The van der Waals surface area contributed by atoms with Crippen molar-refractivity contribution in [2.45, 2.75) is 32.4 Å². The van der Waals surface area contributed by atoms with Crippen LogP contribution >= 0.6 is 0 Å². The zero-order chi connectivity index (χ0) is 24.8. The first-order valence-electron chi connectivity index (χ1n) is 11.2. The summed E-state index contributed by atoms with van der Waals surface area (Å²) in [5, 5.41) is 5.48. The molecular weight excluding hydrogens is 453 g/mol. The standard InChI is InChI=1S/C25H26FN5O4/c1-16(32)28-13-21-14-31(25(34)35-21)20-7-8-22(23(26)10-20)18-4-2-17(3-5-18)11-29-24(33)9-6-19-12-27-15-30-19/h2-5,7-8,10,12,15,21H,6,9,11,13-14H2,1H3,(H,27,30)(H,28,32)(H,29,33). The molecule has 0 radical (unpaired) electrons. The molecule has 35 heavy (non-hydrogen) atoms. The molecule has 182 valence electrons. The van der Waals surface area contributed by atoms with Crippen molar-refractivity contribution in [3.05, 3.63) is 72.1 Å². The predicted octanol–water partition coefficient (Wildman–Crippen LogP) is 2.93. The SMILES string of the molecule is CC(=O)NCC1CN(c2ccc(-c3ccc(CNC(=O)CCc4cnc[nH]4)cc3)c(F)c2)C(=O)O1. The fourth-order valence-corrected chi connectivity index (χ4v) is 3.76. The number of hydrogen-bond donors (Lipinski definition) is 3. The number of cyclic esters (lactones) is 1. The summed E-state index contributed by atoms with van der Waals surface area (Å²) in [7, 11) is 0. The van der Waals surface area contributed by atoms with E-state index in [0.29, 0.717) is 36.2 Å². The lowest BCUT2D eigenvalue weighted by atomic mass is 10.0. The highest BCUT2D eigenvalue weighted by molar-refractivity contribution is 5.90. The van der Waals surface area contributed by atoms with Crippen LogP contribution in [0.2, 0.25) is 0 Å². The van der Waals surface area contributed by atoms with Crippen LogP contribution in [0.3, 0.4) is 0 Å². The van der Waals surface area contributed by atoms with Crippen LogP contribution in [0.25, 0.3) is 11.1 Å². The van der Waals surface area contributed by atoms with E-state index < -0.39 is 18.0 Å². The summed E-state index contributed by atoms with van der Waals surface area (Å²) in [5.41, 5.74) is 3.26. The quantitative estimate of drug-likeness (QED) is 0.436. The van der Waals surface area contributed by atoms with Gasteiger partial charge in [0.05, 0.1) is 25.1 Å². The van der Waals surface area contributed by atoms with Crippen LogP contribution in [0.5, 0.6) is 0 Å². The van der Waals surface area contributed by atoms with Crippen LogP contribution in [0.1, 0.15) is 24.6 Å². The van der Waals surface area contributed by atoms with Crippen LogP contribution in [-0.4, -0.2) is 47.1 Å². The second kappa shape index (κ2) is 10.8. The molecule has 9 nitrogen and oxygen atoms in total. The largest absolute Gasteiger partial charge is 0.442 e. The molecule has 2 aromatic carbocycles. The number of benzene rings is 2. The summed E-state index contributed by atoms with van der Waals surface area (Å²) < 4.78 is 20.2. The summed E-state index contributed by atoms with van der Waals surface area (Å²) >= 11 is 0. The van der Waals surface area contributed by atoms with E-state index in [4.69, 9.17) is 4.74 Å². The summed E-state index contributed by atoms with van der Waals surface area (Å²) in [4.78, 5) is 43.5. The summed E-state index contributed by atoms with van der Waals surface area (Å²) in [6, 6.07) is 11.8. The van der Waals surface area contributed by atoms with Gasteiger partial charge in [0.15, 0.2) is 0 Å². The fraction of sp³-hybridized carbons (Fsp3) is 0.280. The van der Waals surface area contributed by atoms with Crippen LogP contribution in [-0.2, 0) is 27.3 Å². The number of nitrogens with zero attached hydrogens (tertiary/aromatic N) is 2. The number of halogens is 1. The normalized spacial score (nSPS) is 15.1. The molecule has 1 atom stereocenters. The Morgan fingerprint density at radius 2 is 2.00 bits per heavy atom. The third-order valence-electron chi connectivity index (χ3n) is 5.65. The first kappa shape index (κ1) is 23.9. The molecule has 0 aliphatic carbocycles. The molecule has 3 N–H and O–H groups in total. The second-order valence-corrected chi connectivity index (χ2v) is 8.27. The molecule has 2 heterocycles. The Kier molecular flexibility index (Phi) is 7.39. The zero-order valence-corrected chi connectivity index (χ0v) is 19.2. The van der Waals surface area contributed by atoms with Crippen molar-refractivity contribution in [1.82, 2.24) is 20.6 Å². The van der Waals surface area contributed by atoms with Gasteiger partial charge in [-0.15, -0.1) is 0 Å². The van der Waals surface area contributed by atoms with Crippen molar-refractivity contribution >= 4 is 23.6 Å². The number of anilines is 1. The van der Waals surface area contributed by atoms with Gasteiger partial charge in [-0.3, -0.25) is 14.5 Å². The van der Waals surface area contributed by atoms with Gasteiger partial charge in [-0.25, -0.2) is 14.2 Å². The molecule has 1 fully saturated rings. The van der Waals surface area contributed by atoms with E-state index in [0.717, 1.165) is 11.3 Å². The number of amides is 3. The van der Waals surface area contributed by atoms with Gasteiger partial charge in [0.1, 0.15) is 11.9 Å². The molecule has 0 saturated carbocycles. The molecule has 3 aromatic rings. The summed E-state index contributed by atoms with van der Waals surface area (Å²) in [6.07, 6.45) is 3.15. The number of H-pyrrole nitrogens is 1. The minimum atomic E-state index is -0.580. The smallest absolute Gasteiger partial charge is 0.414 e. The molecule has 1 unspecified atom stereocenters. The number of aryl methyl sites for hydroxylation is 1. The van der Waals surface area contributed by atoms with E-state index in [9.17, 15) is 18.8 Å². The van der Waals surface area contributed by atoms with Crippen LogP contribution in [0.15, 0.2) is 55.0 Å². The van der Waals surface area contributed by atoms with E-state index in [-0.39, 0.29) is 24.9 Å². The van der Waals surface area contributed by atoms with Crippen LogP contribution in [0, 0.1) is 5.82 Å². The molecule has 1 aliphatic rings. The molecule has 1 saturated heterocycles. The van der Waals surface area contributed by atoms with Crippen molar-refractivity contribution in [1.29, 1.82) is 0 Å². The van der Waals surface area contributed by atoms with Crippen molar-refractivity contribution in [2.24, 2.45) is 0 Å². The monoisotopic (exact) mass is 479 g/mol. The van der Waals surface area contributed by atoms with Gasteiger partial charge in [-0.05, 0) is 35.7 Å². The maximum atomic E-state index is 14.9. The van der Waals surface area contributed by atoms with Crippen molar-refractivity contribution in [2.75, 3.05) is 18.0 Å². The molecule has 3 amide bonds. The number of rotatable bonds is 9. The average molecular weight is 480 g/mol. The van der Waals surface area contributed by atoms with Crippen LogP contribution < -0.4 is 15.5 Å². The third-order valence-corrected chi connectivity index (χ3v) is 5.65. The van der Waals surface area contributed by atoms with Gasteiger partial charge in [0.2, 0.25) is 11.8 Å². The Morgan fingerprint density at radius 3 is 2.69 bits per heavy atom. The van der Waals surface area contributed by atoms with Crippen molar-refractivity contribution in [3.63, 3.8) is 0 Å². The number of ether oxygens (including phenoxy) is 1. The van der Waals surface area contributed by atoms with Crippen molar-refractivity contribution < 1.29 is 23.5 Å². The van der Waals surface area contributed by atoms with E-state index in [1.54, 1.807) is 36.8 Å². The maximum Gasteiger partial charge on any atom is 0.414 e. The van der Waals surface area contributed by atoms with Gasteiger partial charge >= 0.3 is 6.09 Å². The minimum absolute atomic E-state index is 0.0648. The molecule has 4 rings (SSSR count). The zero-order valence-electron chi connectivity index (χ0n) is 19.2. The minimum Gasteiger partial charge on any atom is -0.442 e. The van der Waals surface area contributed by atoms with Gasteiger partial charge in [-0.1, -0.05) is 24.3 Å². The Balaban J connectivity index is 1.33. The summed E-state index contributed by atoms with van der Waals surface area (Å²) in [6.45, 7) is 2.19. The second-order valence-electron chi connectivity index (χ2n) is 8.27. The first-order chi connectivity index (χ1) is 16.9. The summed E-state index contributed by atoms with van der Waals surface area (Å²) in [5.74, 6) is -0.751. The highest BCUT2D eigenvalue weighted by atomic mass is 19.1. The number of aromatic nitrogens is 2. The number of hydrogen-bond acceptors (Lipinski definition) is 5. The van der Waals surface area contributed by atoms with E-state index in [2.05, 4.69) is 20.6 Å². The Morgan fingerprint density at radius 1 is 1.20 bits per heavy atom. The van der Waals surface area contributed by atoms with Gasteiger partial charge in [-0.2, -0.15) is 0 Å². The van der Waals surface area contributed by atoms with Gasteiger partial charge in [0.25, 0.3) is 0 Å². The van der Waals surface area contributed by atoms with E-state index in [1.165, 1.54) is 17.9 Å². The molecular formula is C25H26FN5O4. The highest BCUT2D eigenvalue weighted by Crippen LogP contribution is 2.29. The molecule has 10 heteroatoms. The average Bonchev–Trinajstić information content (AvgIpc) is 3.50. The van der Waals surface area contributed by atoms with Gasteiger partial charge in [0, 0.05) is 37.3 Å². The fourth-order valence-electron chi connectivity index (χ4n) is 3.76. The number of imidazole rings is 1. The maximum absolute atomic E-state index is 14.9. The molecule has 0 spiro atoms. The van der Waals surface area contributed by atoms with E-state index in [1.807, 2.05) is 12.1 Å². The lowest BCUT2D eigenvalue weighted by molar-refractivity contribution is -0.121. The predicted molar refractivity (Wildman–Crippen MR) is 127 cm³/mol. The topological polar surface area (TPSA) is 116 Å². The first-order valence-corrected chi connectivity index (χ1v) is 11.2. The Labute approximate surface area is 201 Å². The number of carbonyl (C=O) groups is 3. The lowest BCUT2D eigenvalue weighted by Gasteiger charge is -2.15. The van der Waals surface area contributed by atoms with E-state index >= 15 is 0 Å². The number of carbonyl (C=O) groups excluding carboxylic acids is 3. The molecule has 1 aliphatic heterocycles. The molecule has 0 bridgehead atoms. The molecule has 1 aromatic heterocycles. The highest BCUT2D eigenvalue weighted by Gasteiger charge is 2.32. The number of aromatic amines is 1. The van der Waals surface area contributed by atoms with Crippen LogP contribution in [0.4, 0.5) is 14.9 Å². The lowest BCUT2D eigenvalue weighted by Crippen LogP contribution is -2.33. The Hall–Kier alpha value is -4.21. The third kappa shape index (κ3) is 6.23. The van der Waals surface area contributed by atoms with Gasteiger partial charge < -0.3 is 20.4 Å².